The number of hydrogen-bond donors (Lipinski definition) is 7. The van der Waals surface area contributed by atoms with Gasteiger partial charge < -0.3 is 54.7 Å². The molecular formula is C24H38O12. The van der Waals surface area contributed by atoms with Crippen LogP contribution in [0.5, 0.6) is 0 Å². The number of rotatable bonds is 7. The van der Waals surface area contributed by atoms with E-state index in [9.17, 15) is 40.5 Å². The summed E-state index contributed by atoms with van der Waals surface area (Å²) >= 11 is 0. The Bertz CT molecular complexity index is 845. The van der Waals surface area contributed by atoms with E-state index in [1.807, 2.05) is 13.8 Å². The summed E-state index contributed by atoms with van der Waals surface area (Å²) in [6.07, 6.45) is -9.14. The lowest BCUT2D eigenvalue weighted by atomic mass is 9.65. The van der Waals surface area contributed by atoms with E-state index in [2.05, 4.69) is 5.73 Å². The van der Waals surface area contributed by atoms with Gasteiger partial charge >= 0.3 is 0 Å². The third-order valence-electron chi connectivity index (χ3n) is 7.00. The number of ether oxygens (including phenoxy) is 4. The molecule has 206 valence electrons. The van der Waals surface area contributed by atoms with Crippen LogP contribution in [0.25, 0.3) is 0 Å². The summed E-state index contributed by atoms with van der Waals surface area (Å²) < 4.78 is 22.2. The van der Waals surface area contributed by atoms with E-state index in [1.165, 1.54) is 13.0 Å². The molecule has 0 aromatic heterocycles. The minimum atomic E-state index is -1.89. The number of hydrogen-bond acceptors (Lipinski definition) is 12. The fourth-order valence-electron chi connectivity index (χ4n) is 5.12. The Morgan fingerprint density at radius 2 is 1.75 bits per heavy atom. The van der Waals surface area contributed by atoms with Gasteiger partial charge in [0, 0.05) is 18.1 Å². The van der Waals surface area contributed by atoms with Crippen molar-refractivity contribution in [2.75, 3.05) is 19.8 Å². The molecule has 2 heterocycles. The molecule has 7 N–H and O–H groups in total. The Hall–Kier alpha value is -1.25. The average molecular weight is 519 g/mol. The van der Waals surface area contributed by atoms with Crippen LogP contribution in [0.3, 0.4) is 0 Å². The van der Waals surface area contributed by atoms with E-state index in [0.29, 0.717) is 12.0 Å². The van der Waals surface area contributed by atoms with Crippen LogP contribution in [-0.2, 0) is 23.7 Å². The Morgan fingerprint density at radius 1 is 1.08 bits per heavy atom. The number of carbonyl (C=O) groups is 1. The van der Waals surface area contributed by atoms with Gasteiger partial charge in [0.2, 0.25) is 0 Å². The molecule has 3 aliphatic rings. The second kappa shape index (κ2) is 10.9. The molecule has 10 unspecified atom stereocenters. The van der Waals surface area contributed by atoms with Crippen LogP contribution in [0.2, 0.25) is 0 Å². The molecule has 1 aliphatic carbocycles. The molecule has 2 aliphatic heterocycles. The van der Waals surface area contributed by atoms with Crippen LogP contribution in [0.4, 0.5) is 0 Å². The highest BCUT2D eigenvalue weighted by molar-refractivity contribution is 5.87. The summed E-state index contributed by atoms with van der Waals surface area (Å²) in [6.45, 7) is 5.17. The monoisotopic (exact) mass is 518 g/mol. The Morgan fingerprint density at radius 3 is 2.31 bits per heavy atom. The van der Waals surface area contributed by atoms with E-state index < -0.39 is 79.0 Å². The maximum atomic E-state index is 11.4. The predicted molar refractivity (Wildman–Crippen MR) is 121 cm³/mol. The zero-order valence-electron chi connectivity index (χ0n) is 20.9. The molecule has 0 bridgehead atoms. The first-order valence-electron chi connectivity index (χ1n) is 11.9. The molecule has 2 saturated heterocycles. The summed E-state index contributed by atoms with van der Waals surface area (Å²) in [7, 11) is 0. The van der Waals surface area contributed by atoms with Gasteiger partial charge in [-0.15, -0.1) is 5.73 Å². The first kappa shape index (κ1) is 29.3. The van der Waals surface area contributed by atoms with Gasteiger partial charge in [0.15, 0.2) is 18.4 Å². The average Bonchev–Trinajstić information content (AvgIpc) is 3.06. The van der Waals surface area contributed by atoms with E-state index in [-0.39, 0.29) is 18.8 Å². The van der Waals surface area contributed by atoms with Crippen molar-refractivity contribution in [1.82, 2.24) is 0 Å². The molecular weight excluding hydrogens is 480 g/mol. The fraction of sp³-hybridized carbons (Fsp3) is 0.833. The SMILES string of the molecule is CC(=O)C=C=C1C(C)(C)CC(OC2OC(COC3OCC(O)(CO)C3O)C(O)C(O)C2O)CC1(C)O. The summed E-state index contributed by atoms with van der Waals surface area (Å²) in [5.41, 5.74) is -0.448. The van der Waals surface area contributed by atoms with Crippen molar-refractivity contribution in [2.45, 2.75) is 101 Å². The third kappa shape index (κ3) is 6.07. The maximum absolute atomic E-state index is 11.4. The van der Waals surface area contributed by atoms with Crippen molar-refractivity contribution >= 4 is 5.78 Å². The van der Waals surface area contributed by atoms with Crippen molar-refractivity contribution in [3.63, 3.8) is 0 Å². The van der Waals surface area contributed by atoms with Gasteiger partial charge in [-0.1, -0.05) is 13.8 Å². The summed E-state index contributed by atoms with van der Waals surface area (Å²) in [5, 5.41) is 71.8. The highest BCUT2D eigenvalue weighted by atomic mass is 16.7. The Kier molecular flexibility index (Phi) is 8.84. The van der Waals surface area contributed by atoms with Crippen molar-refractivity contribution in [2.24, 2.45) is 5.41 Å². The second-order valence-electron chi connectivity index (χ2n) is 10.8. The minimum absolute atomic E-state index is 0.0960. The molecule has 0 aromatic carbocycles. The quantitative estimate of drug-likeness (QED) is 0.143. The Balaban J connectivity index is 1.68. The molecule has 12 nitrogen and oxygen atoms in total. The molecule has 3 rings (SSSR count). The smallest absolute Gasteiger partial charge is 0.186 e. The van der Waals surface area contributed by atoms with E-state index >= 15 is 0 Å². The molecule has 0 amide bonds. The maximum Gasteiger partial charge on any atom is 0.186 e. The predicted octanol–water partition coefficient (Wildman–Crippen LogP) is -2.12. The van der Waals surface area contributed by atoms with Crippen LogP contribution in [0, 0.1) is 5.41 Å². The van der Waals surface area contributed by atoms with Crippen molar-refractivity contribution in [3.8, 4) is 0 Å². The van der Waals surface area contributed by atoms with Crippen molar-refractivity contribution in [1.29, 1.82) is 0 Å². The summed E-state index contributed by atoms with van der Waals surface area (Å²) in [4.78, 5) is 11.4. The molecule has 1 saturated carbocycles. The first-order valence-corrected chi connectivity index (χ1v) is 11.9. The number of ketones is 1. The lowest BCUT2D eigenvalue weighted by molar-refractivity contribution is -0.323. The lowest BCUT2D eigenvalue weighted by Crippen LogP contribution is -2.61. The van der Waals surface area contributed by atoms with Gasteiger partial charge in [0.05, 0.1) is 31.5 Å². The van der Waals surface area contributed by atoms with Gasteiger partial charge in [-0.3, -0.25) is 4.79 Å². The zero-order chi connectivity index (χ0) is 27.1. The highest BCUT2D eigenvalue weighted by Crippen LogP contribution is 2.46. The fourth-order valence-corrected chi connectivity index (χ4v) is 5.12. The van der Waals surface area contributed by atoms with Gasteiger partial charge in [0.1, 0.15) is 36.1 Å². The highest BCUT2D eigenvalue weighted by Gasteiger charge is 2.51. The zero-order valence-corrected chi connectivity index (χ0v) is 20.9. The Labute approximate surface area is 209 Å². The van der Waals surface area contributed by atoms with Crippen molar-refractivity contribution in [3.05, 3.63) is 17.4 Å². The molecule has 12 heteroatoms. The van der Waals surface area contributed by atoms with Crippen LogP contribution in [-0.4, -0.2) is 122 Å². The van der Waals surface area contributed by atoms with Crippen LogP contribution in [0.1, 0.15) is 40.5 Å². The summed E-state index contributed by atoms with van der Waals surface area (Å²) in [5.74, 6) is -0.205. The van der Waals surface area contributed by atoms with Gasteiger partial charge in [0.25, 0.3) is 0 Å². The van der Waals surface area contributed by atoms with Gasteiger partial charge in [-0.2, -0.15) is 0 Å². The van der Waals surface area contributed by atoms with Gasteiger partial charge in [-0.25, -0.2) is 0 Å². The lowest BCUT2D eigenvalue weighted by Gasteiger charge is -2.47. The molecule has 0 spiro atoms. The molecule has 36 heavy (non-hydrogen) atoms. The first-order chi connectivity index (χ1) is 16.6. The third-order valence-corrected chi connectivity index (χ3v) is 7.00. The number of aliphatic hydroxyl groups excluding tert-OH is 5. The number of carbonyl (C=O) groups excluding carboxylic acids is 1. The second-order valence-corrected chi connectivity index (χ2v) is 10.8. The molecule has 0 radical (unpaired) electrons. The van der Waals surface area contributed by atoms with Crippen LogP contribution in [0.15, 0.2) is 17.4 Å². The van der Waals surface area contributed by atoms with Gasteiger partial charge in [-0.05, 0) is 25.7 Å². The van der Waals surface area contributed by atoms with E-state index in [1.54, 1.807) is 6.92 Å². The minimum Gasteiger partial charge on any atom is -0.393 e. The van der Waals surface area contributed by atoms with E-state index in [4.69, 9.17) is 18.9 Å². The summed E-state index contributed by atoms with van der Waals surface area (Å²) in [6, 6.07) is 0. The molecule has 0 aromatic rings. The largest absolute Gasteiger partial charge is 0.393 e. The molecule has 3 fully saturated rings. The van der Waals surface area contributed by atoms with E-state index in [0.717, 1.165) is 0 Å². The van der Waals surface area contributed by atoms with Crippen LogP contribution >= 0.6 is 0 Å². The molecule has 10 atom stereocenters. The standard InChI is InChI=1S/C24H38O12/c1-12(26)5-6-15-22(2,3)7-13(8-23(15,4)31)35-20-18(29)17(28)16(27)14(36-20)9-33-21-19(30)24(32,10-25)11-34-21/h5,13-14,16-21,25,27-32H,7-11H2,1-4H3. The normalized spacial score (nSPS) is 44.8. The van der Waals surface area contributed by atoms with Crippen molar-refractivity contribution < 1.29 is 59.5 Å². The van der Waals surface area contributed by atoms with Crippen LogP contribution < -0.4 is 0 Å². The number of aliphatic hydroxyl groups is 7. The topological polar surface area (TPSA) is 196 Å².